The van der Waals surface area contributed by atoms with Crippen LogP contribution in [0.2, 0.25) is 0 Å². The summed E-state index contributed by atoms with van der Waals surface area (Å²) >= 11 is 0. The Morgan fingerprint density at radius 1 is 1.10 bits per heavy atom. The zero-order valence-electron chi connectivity index (χ0n) is 11.9. The standard InChI is InChI=1S/C13H22N2O4S/c1-3-15-20(16,17)13-6-4-12(5-7-13)14-8-9-19-11-10-18-2/h4-7,14-15H,3,8-11H2,1-2H3. The summed E-state index contributed by atoms with van der Waals surface area (Å²) in [4.78, 5) is 0.265. The number of methoxy groups -OCH3 is 1. The molecular weight excluding hydrogens is 280 g/mol. The summed E-state index contributed by atoms with van der Waals surface area (Å²) in [6.07, 6.45) is 0. The number of nitrogens with one attached hydrogen (secondary N) is 2. The van der Waals surface area contributed by atoms with E-state index in [0.29, 0.717) is 32.9 Å². The molecule has 114 valence electrons. The van der Waals surface area contributed by atoms with Crippen molar-refractivity contribution < 1.29 is 17.9 Å². The summed E-state index contributed by atoms with van der Waals surface area (Å²) in [6, 6.07) is 6.62. The van der Waals surface area contributed by atoms with Gasteiger partial charge in [0.2, 0.25) is 10.0 Å². The third kappa shape index (κ3) is 5.87. The van der Waals surface area contributed by atoms with Crippen molar-refractivity contribution in [2.24, 2.45) is 0 Å². The molecule has 0 saturated carbocycles. The Labute approximate surface area is 120 Å². The van der Waals surface area contributed by atoms with Crippen LogP contribution in [0.4, 0.5) is 5.69 Å². The van der Waals surface area contributed by atoms with Gasteiger partial charge in [-0.2, -0.15) is 0 Å². The number of ether oxygens (including phenoxy) is 2. The van der Waals surface area contributed by atoms with Crippen LogP contribution in [0.5, 0.6) is 0 Å². The normalized spacial score (nSPS) is 11.5. The van der Waals surface area contributed by atoms with E-state index < -0.39 is 10.0 Å². The predicted molar refractivity (Wildman–Crippen MR) is 78.5 cm³/mol. The first kappa shape index (κ1) is 16.9. The van der Waals surface area contributed by atoms with Crippen molar-refractivity contribution in [3.8, 4) is 0 Å². The Hall–Kier alpha value is -1.15. The van der Waals surface area contributed by atoms with Crippen molar-refractivity contribution in [2.75, 3.05) is 45.3 Å². The molecule has 1 aromatic carbocycles. The van der Waals surface area contributed by atoms with Gasteiger partial charge in [0.25, 0.3) is 0 Å². The molecule has 20 heavy (non-hydrogen) atoms. The smallest absolute Gasteiger partial charge is 0.240 e. The van der Waals surface area contributed by atoms with Crippen LogP contribution in [0.15, 0.2) is 29.2 Å². The van der Waals surface area contributed by atoms with Crippen LogP contribution >= 0.6 is 0 Å². The van der Waals surface area contributed by atoms with Gasteiger partial charge < -0.3 is 14.8 Å². The summed E-state index contributed by atoms with van der Waals surface area (Å²) in [5.41, 5.74) is 0.857. The molecule has 0 atom stereocenters. The molecule has 7 heteroatoms. The molecule has 0 aromatic heterocycles. The summed E-state index contributed by atoms with van der Waals surface area (Å²) in [5.74, 6) is 0. The SMILES string of the molecule is CCNS(=O)(=O)c1ccc(NCCOCCOC)cc1. The molecular formula is C13H22N2O4S. The third-order valence-corrected chi connectivity index (χ3v) is 4.07. The fourth-order valence-corrected chi connectivity index (χ4v) is 2.58. The molecule has 0 amide bonds. The van der Waals surface area contributed by atoms with Crippen LogP contribution in [0.1, 0.15) is 6.92 Å². The number of anilines is 1. The molecule has 0 radical (unpaired) electrons. The lowest BCUT2D eigenvalue weighted by Gasteiger charge is -2.09. The first-order valence-electron chi connectivity index (χ1n) is 6.50. The average Bonchev–Trinajstić information content (AvgIpc) is 2.43. The second-order valence-corrected chi connectivity index (χ2v) is 5.82. The zero-order valence-corrected chi connectivity index (χ0v) is 12.7. The highest BCUT2D eigenvalue weighted by atomic mass is 32.2. The lowest BCUT2D eigenvalue weighted by molar-refractivity contribution is 0.0759. The number of hydrogen-bond acceptors (Lipinski definition) is 5. The first-order valence-corrected chi connectivity index (χ1v) is 7.98. The number of sulfonamides is 1. The van der Waals surface area contributed by atoms with E-state index in [1.54, 1.807) is 38.3 Å². The Morgan fingerprint density at radius 3 is 2.40 bits per heavy atom. The van der Waals surface area contributed by atoms with Crippen LogP contribution in [0.3, 0.4) is 0 Å². The van der Waals surface area contributed by atoms with Gasteiger partial charge in [0, 0.05) is 25.9 Å². The minimum atomic E-state index is -3.38. The summed E-state index contributed by atoms with van der Waals surface area (Å²) in [6.45, 7) is 4.50. The van der Waals surface area contributed by atoms with Crippen LogP contribution in [-0.2, 0) is 19.5 Å². The summed E-state index contributed by atoms with van der Waals surface area (Å²) in [7, 11) is -1.75. The van der Waals surface area contributed by atoms with Crippen molar-refractivity contribution in [1.29, 1.82) is 0 Å². The Kier molecular flexibility index (Phi) is 7.53. The quantitative estimate of drug-likeness (QED) is 0.632. The van der Waals surface area contributed by atoms with E-state index in [0.717, 1.165) is 5.69 Å². The number of rotatable bonds is 10. The summed E-state index contributed by atoms with van der Waals surface area (Å²) < 4.78 is 36.1. The van der Waals surface area contributed by atoms with Gasteiger partial charge in [-0.15, -0.1) is 0 Å². The number of hydrogen-bond donors (Lipinski definition) is 2. The molecule has 0 saturated heterocycles. The highest BCUT2D eigenvalue weighted by Gasteiger charge is 2.11. The van der Waals surface area contributed by atoms with Gasteiger partial charge in [-0.25, -0.2) is 13.1 Å². The van der Waals surface area contributed by atoms with E-state index >= 15 is 0 Å². The van der Waals surface area contributed by atoms with E-state index in [1.807, 2.05) is 0 Å². The van der Waals surface area contributed by atoms with Crippen LogP contribution in [0, 0.1) is 0 Å². The fraction of sp³-hybridized carbons (Fsp3) is 0.538. The minimum absolute atomic E-state index is 0.265. The maximum absolute atomic E-state index is 11.7. The Bertz CT molecular complexity index is 474. The monoisotopic (exact) mass is 302 g/mol. The predicted octanol–water partition coefficient (Wildman–Crippen LogP) is 1.06. The Balaban J connectivity index is 2.39. The van der Waals surface area contributed by atoms with E-state index in [4.69, 9.17) is 9.47 Å². The van der Waals surface area contributed by atoms with Gasteiger partial charge in [0.1, 0.15) is 0 Å². The van der Waals surface area contributed by atoms with E-state index in [9.17, 15) is 8.42 Å². The van der Waals surface area contributed by atoms with Crippen LogP contribution in [0.25, 0.3) is 0 Å². The van der Waals surface area contributed by atoms with Crippen molar-refractivity contribution >= 4 is 15.7 Å². The molecule has 1 rings (SSSR count). The molecule has 1 aromatic rings. The van der Waals surface area contributed by atoms with Gasteiger partial charge in [-0.1, -0.05) is 6.92 Å². The van der Waals surface area contributed by atoms with Gasteiger partial charge in [-0.3, -0.25) is 0 Å². The molecule has 0 aliphatic rings. The lowest BCUT2D eigenvalue weighted by Crippen LogP contribution is -2.23. The zero-order chi connectivity index (χ0) is 14.8. The molecule has 0 aliphatic heterocycles. The topological polar surface area (TPSA) is 76.7 Å². The summed E-state index contributed by atoms with van der Waals surface area (Å²) in [5, 5.41) is 3.15. The largest absolute Gasteiger partial charge is 0.383 e. The molecule has 0 heterocycles. The van der Waals surface area contributed by atoms with E-state index in [2.05, 4.69) is 10.0 Å². The number of benzene rings is 1. The van der Waals surface area contributed by atoms with Gasteiger partial charge in [0.05, 0.1) is 24.7 Å². The average molecular weight is 302 g/mol. The van der Waals surface area contributed by atoms with E-state index in [-0.39, 0.29) is 4.90 Å². The van der Waals surface area contributed by atoms with Crippen LogP contribution in [-0.4, -0.2) is 48.4 Å². The maximum Gasteiger partial charge on any atom is 0.240 e. The van der Waals surface area contributed by atoms with Gasteiger partial charge in [0.15, 0.2) is 0 Å². The highest BCUT2D eigenvalue weighted by Crippen LogP contribution is 2.13. The van der Waals surface area contributed by atoms with Crippen LogP contribution < -0.4 is 10.0 Å². The van der Waals surface area contributed by atoms with E-state index in [1.165, 1.54) is 0 Å². The molecule has 6 nitrogen and oxygen atoms in total. The van der Waals surface area contributed by atoms with Crippen molar-refractivity contribution in [2.45, 2.75) is 11.8 Å². The second kappa shape index (κ2) is 8.91. The first-order chi connectivity index (χ1) is 9.60. The second-order valence-electron chi connectivity index (χ2n) is 4.06. The molecule has 0 aliphatic carbocycles. The molecule has 0 fully saturated rings. The fourth-order valence-electron chi connectivity index (χ4n) is 1.54. The Morgan fingerprint density at radius 2 is 1.80 bits per heavy atom. The van der Waals surface area contributed by atoms with Crippen molar-refractivity contribution in [3.05, 3.63) is 24.3 Å². The molecule has 2 N–H and O–H groups in total. The molecule has 0 bridgehead atoms. The maximum atomic E-state index is 11.7. The molecule has 0 unspecified atom stereocenters. The minimum Gasteiger partial charge on any atom is -0.383 e. The van der Waals surface area contributed by atoms with Crippen molar-refractivity contribution in [3.63, 3.8) is 0 Å². The highest BCUT2D eigenvalue weighted by molar-refractivity contribution is 7.89. The lowest BCUT2D eigenvalue weighted by atomic mass is 10.3. The molecule has 0 spiro atoms. The third-order valence-electron chi connectivity index (χ3n) is 2.51. The van der Waals surface area contributed by atoms with Crippen molar-refractivity contribution in [1.82, 2.24) is 4.72 Å². The van der Waals surface area contributed by atoms with Gasteiger partial charge >= 0.3 is 0 Å². The van der Waals surface area contributed by atoms with Gasteiger partial charge in [-0.05, 0) is 24.3 Å².